The number of pyridine rings is 2. The molecule has 0 saturated carbocycles. The van der Waals surface area contributed by atoms with Crippen molar-refractivity contribution in [1.82, 2.24) is 35.1 Å². The normalized spacial score (nSPS) is 10.8. The molecule has 0 aliphatic carbocycles. The van der Waals surface area contributed by atoms with Crippen LogP contribution in [0.5, 0.6) is 0 Å². The molecule has 0 aliphatic heterocycles. The zero-order valence-corrected chi connectivity index (χ0v) is 16.4. The molecule has 152 valence electrons. The van der Waals surface area contributed by atoms with Crippen molar-refractivity contribution in [2.45, 2.75) is 6.54 Å². The molecular weight excluding hydrogens is 392 g/mol. The lowest BCUT2D eigenvalue weighted by Crippen LogP contribution is -2.22. The van der Waals surface area contributed by atoms with E-state index in [0.29, 0.717) is 17.8 Å². The molecule has 0 fully saturated rings. The summed E-state index contributed by atoms with van der Waals surface area (Å²) in [6.07, 6.45) is 8.49. The highest BCUT2D eigenvalue weighted by atomic mass is 16.1. The molecule has 4 heterocycles. The quantitative estimate of drug-likeness (QED) is 0.396. The van der Waals surface area contributed by atoms with Crippen LogP contribution in [0.4, 0.5) is 11.4 Å². The molecule has 5 aromatic rings. The van der Waals surface area contributed by atoms with Crippen molar-refractivity contribution in [2.75, 3.05) is 5.32 Å². The van der Waals surface area contributed by atoms with Crippen molar-refractivity contribution < 1.29 is 4.79 Å². The number of aromatic nitrogens is 6. The lowest BCUT2D eigenvalue weighted by molar-refractivity contribution is 0.0951. The first-order valence-corrected chi connectivity index (χ1v) is 9.64. The summed E-state index contributed by atoms with van der Waals surface area (Å²) in [5.41, 5.74) is 5.67. The maximum atomic E-state index is 12.4. The maximum absolute atomic E-state index is 12.4. The van der Waals surface area contributed by atoms with Gasteiger partial charge < -0.3 is 10.6 Å². The van der Waals surface area contributed by atoms with E-state index in [2.05, 4.69) is 35.9 Å². The lowest BCUT2D eigenvalue weighted by atomic mass is 10.1. The summed E-state index contributed by atoms with van der Waals surface area (Å²) < 4.78 is 1.76. The van der Waals surface area contributed by atoms with E-state index in [1.807, 2.05) is 42.6 Å². The van der Waals surface area contributed by atoms with Gasteiger partial charge in [0.25, 0.3) is 5.91 Å². The first kappa shape index (κ1) is 18.5. The number of rotatable bonds is 6. The fraction of sp³-hybridized carbons (Fsp3) is 0.0455. The van der Waals surface area contributed by atoms with Crippen LogP contribution in [0.25, 0.3) is 16.9 Å². The molecule has 0 aliphatic rings. The molecule has 0 radical (unpaired) electrons. The Kier molecular flexibility index (Phi) is 4.82. The van der Waals surface area contributed by atoms with Crippen LogP contribution in [-0.4, -0.2) is 35.7 Å². The number of amides is 1. The Morgan fingerprint density at radius 2 is 1.97 bits per heavy atom. The molecule has 3 N–H and O–H groups in total. The van der Waals surface area contributed by atoms with E-state index < -0.39 is 0 Å². The van der Waals surface area contributed by atoms with Gasteiger partial charge in [0.15, 0.2) is 5.65 Å². The Labute approximate surface area is 177 Å². The molecule has 9 heteroatoms. The van der Waals surface area contributed by atoms with Gasteiger partial charge in [0, 0.05) is 41.9 Å². The van der Waals surface area contributed by atoms with Gasteiger partial charge in [-0.1, -0.05) is 6.07 Å². The van der Waals surface area contributed by atoms with E-state index in [9.17, 15) is 4.79 Å². The van der Waals surface area contributed by atoms with Crippen molar-refractivity contribution in [1.29, 1.82) is 0 Å². The number of aromatic amines is 1. The summed E-state index contributed by atoms with van der Waals surface area (Å²) in [5.74, 6) is -0.139. The Morgan fingerprint density at radius 3 is 2.74 bits per heavy atom. The van der Waals surface area contributed by atoms with E-state index in [1.54, 1.807) is 35.2 Å². The number of nitrogens with one attached hydrogen (secondary N) is 3. The highest BCUT2D eigenvalue weighted by molar-refractivity contribution is 5.94. The highest BCUT2D eigenvalue weighted by Crippen LogP contribution is 2.26. The van der Waals surface area contributed by atoms with Crippen molar-refractivity contribution in [3.63, 3.8) is 0 Å². The average Bonchev–Trinajstić information content (AvgIpc) is 3.52. The topological polar surface area (TPSA) is 113 Å². The van der Waals surface area contributed by atoms with Crippen LogP contribution >= 0.6 is 0 Å². The minimum Gasteiger partial charge on any atom is -0.352 e. The largest absolute Gasteiger partial charge is 0.352 e. The summed E-state index contributed by atoms with van der Waals surface area (Å²) in [4.78, 5) is 20.8. The Hall–Kier alpha value is -4.53. The van der Waals surface area contributed by atoms with Crippen LogP contribution in [0.2, 0.25) is 0 Å². The number of hydrogen-bond acceptors (Lipinski definition) is 6. The van der Waals surface area contributed by atoms with E-state index in [1.165, 1.54) is 6.33 Å². The molecule has 31 heavy (non-hydrogen) atoms. The second-order valence-corrected chi connectivity index (χ2v) is 6.86. The number of fused-ring (bicyclic) bond motifs is 1. The van der Waals surface area contributed by atoms with Gasteiger partial charge in [-0.3, -0.25) is 14.9 Å². The fourth-order valence-corrected chi connectivity index (χ4v) is 3.26. The minimum absolute atomic E-state index is 0.139. The SMILES string of the molecule is O=C(NCc1cccnc1)c1ccc(Nc2ccc(-c3cn[nH]c3)n3ncnc23)cc1. The van der Waals surface area contributed by atoms with E-state index in [4.69, 9.17) is 0 Å². The van der Waals surface area contributed by atoms with Gasteiger partial charge in [-0.15, -0.1) is 0 Å². The average molecular weight is 410 g/mol. The number of anilines is 2. The van der Waals surface area contributed by atoms with E-state index in [-0.39, 0.29) is 5.91 Å². The number of carbonyl (C=O) groups is 1. The molecular formula is C22H18N8O. The molecule has 9 nitrogen and oxygen atoms in total. The molecule has 0 unspecified atom stereocenters. The van der Waals surface area contributed by atoms with E-state index >= 15 is 0 Å². The zero-order valence-electron chi connectivity index (χ0n) is 16.4. The Balaban J connectivity index is 1.31. The fourth-order valence-electron chi connectivity index (χ4n) is 3.26. The van der Waals surface area contributed by atoms with Gasteiger partial charge in [-0.05, 0) is 48.0 Å². The van der Waals surface area contributed by atoms with Gasteiger partial charge in [0.2, 0.25) is 0 Å². The van der Waals surface area contributed by atoms with Gasteiger partial charge in [-0.2, -0.15) is 10.2 Å². The minimum atomic E-state index is -0.139. The second kappa shape index (κ2) is 8.07. The number of hydrogen-bond donors (Lipinski definition) is 3. The number of nitrogens with zero attached hydrogens (tertiary/aromatic N) is 5. The van der Waals surface area contributed by atoms with Crippen molar-refractivity contribution in [2.24, 2.45) is 0 Å². The van der Waals surface area contributed by atoms with Gasteiger partial charge in [0.1, 0.15) is 6.33 Å². The summed E-state index contributed by atoms with van der Waals surface area (Å²) in [7, 11) is 0. The molecule has 4 aromatic heterocycles. The summed E-state index contributed by atoms with van der Waals surface area (Å²) in [6, 6.07) is 14.9. The molecule has 1 aromatic carbocycles. The molecule has 0 bridgehead atoms. The number of H-pyrrole nitrogens is 1. The number of carbonyl (C=O) groups excluding carboxylic acids is 1. The standard InChI is InChI=1S/C22H18N8O/c31-22(24-11-15-2-1-9-23-10-15)16-3-5-18(6-4-16)29-19-7-8-20(17-12-26-27-13-17)30-21(19)25-14-28-30/h1-10,12-14,29H,11H2,(H,24,31)(H,26,27). The zero-order chi connectivity index (χ0) is 21.0. The first-order valence-electron chi connectivity index (χ1n) is 9.64. The van der Waals surface area contributed by atoms with Crippen molar-refractivity contribution in [3.8, 4) is 11.3 Å². The Morgan fingerprint density at radius 1 is 1.06 bits per heavy atom. The molecule has 1 amide bonds. The van der Waals surface area contributed by atoms with Gasteiger partial charge in [-0.25, -0.2) is 9.50 Å². The maximum Gasteiger partial charge on any atom is 0.251 e. The second-order valence-electron chi connectivity index (χ2n) is 6.86. The highest BCUT2D eigenvalue weighted by Gasteiger charge is 2.11. The van der Waals surface area contributed by atoms with Gasteiger partial charge in [0.05, 0.1) is 17.6 Å². The summed E-state index contributed by atoms with van der Waals surface area (Å²) in [5, 5.41) is 17.4. The third-order valence-electron chi connectivity index (χ3n) is 4.82. The lowest BCUT2D eigenvalue weighted by Gasteiger charge is -2.10. The molecule has 5 rings (SSSR count). The van der Waals surface area contributed by atoms with Crippen LogP contribution in [0.1, 0.15) is 15.9 Å². The first-order chi connectivity index (χ1) is 15.3. The van der Waals surface area contributed by atoms with Crippen LogP contribution in [0.15, 0.2) is 79.6 Å². The monoisotopic (exact) mass is 410 g/mol. The summed E-state index contributed by atoms with van der Waals surface area (Å²) >= 11 is 0. The molecule has 0 spiro atoms. The van der Waals surface area contributed by atoms with Gasteiger partial charge >= 0.3 is 0 Å². The van der Waals surface area contributed by atoms with Crippen LogP contribution in [0.3, 0.4) is 0 Å². The van der Waals surface area contributed by atoms with Crippen molar-refractivity contribution >= 4 is 22.9 Å². The third-order valence-corrected chi connectivity index (χ3v) is 4.82. The number of benzene rings is 1. The smallest absolute Gasteiger partial charge is 0.251 e. The summed E-state index contributed by atoms with van der Waals surface area (Å²) in [6.45, 7) is 0.431. The van der Waals surface area contributed by atoms with E-state index in [0.717, 1.165) is 28.2 Å². The van der Waals surface area contributed by atoms with Crippen LogP contribution < -0.4 is 10.6 Å². The van der Waals surface area contributed by atoms with Crippen LogP contribution in [0, 0.1) is 0 Å². The predicted octanol–water partition coefficient (Wildman–Crippen LogP) is 3.19. The Bertz CT molecular complexity index is 1310. The predicted molar refractivity (Wildman–Crippen MR) is 116 cm³/mol. The molecule has 0 saturated heterocycles. The molecule has 0 atom stereocenters. The van der Waals surface area contributed by atoms with Crippen molar-refractivity contribution in [3.05, 3.63) is 90.8 Å². The third kappa shape index (κ3) is 3.84. The van der Waals surface area contributed by atoms with Crippen LogP contribution in [-0.2, 0) is 6.54 Å².